The number of aryl methyl sites for hydroxylation is 2. The first-order valence-electron chi connectivity index (χ1n) is 6.04. The number of nitrogens with zero attached hydrogens (tertiary/aromatic N) is 2. The number of fused-ring (bicyclic) bond motifs is 1. The van der Waals surface area contributed by atoms with Crippen LogP contribution in [0.4, 0.5) is 5.82 Å². The first-order chi connectivity index (χ1) is 8.63. The molecule has 4 heteroatoms. The summed E-state index contributed by atoms with van der Waals surface area (Å²) in [6.45, 7) is 0.353. The maximum Gasteiger partial charge on any atom is 0.339 e. The van der Waals surface area contributed by atoms with E-state index in [1.807, 2.05) is 0 Å². The van der Waals surface area contributed by atoms with Crippen LogP contribution >= 0.6 is 0 Å². The van der Waals surface area contributed by atoms with Crippen molar-refractivity contribution in [1.82, 2.24) is 4.98 Å². The second kappa shape index (κ2) is 5.09. The molecule has 0 saturated carbocycles. The van der Waals surface area contributed by atoms with Crippen LogP contribution in [0.1, 0.15) is 34.5 Å². The largest absolute Gasteiger partial charge is 0.478 e. The number of aromatic nitrogens is 1. The number of carbonyl (C=O) groups is 1. The lowest BCUT2D eigenvalue weighted by atomic mass is 9.94. The zero-order valence-electron chi connectivity index (χ0n) is 10.4. The highest BCUT2D eigenvalue weighted by Gasteiger charge is 2.20. The van der Waals surface area contributed by atoms with Crippen molar-refractivity contribution < 1.29 is 9.90 Å². The normalized spacial score (nSPS) is 13.6. The van der Waals surface area contributed by atoms with E-state index in [4.69, 9.17) is 6.42 Å². The van der Waals surface area contributed by atoms with Gasteiger partial charge in [0.2, 0.25) is 0 Å². The van der Waals surface area contributed by atoms with Gasteiger partial charge in [0.15, 0.2) is 0 Å². The van der Waals surface area contributed by atoms with E-state index in [1.54, 1.807) is 18.0 Å². The van der Waals surface area contributed by atoms with E-state index in [9.17, 15) is 9.90 Å². The fraction of sp³-hybridized carbons (Fsp3) is 0.429. The molecule has 18 heavy (non-hydrogen) atoms. The number of anilines is 1. The Morgan fingerprint density at radius 2 is 2.28 bits per heavy atom. The van der Waals surface area contributed by atoms with Gasteiger partial charge in [-0.3, -0.25) is 0 Å². The molecule has 1 N–H and O–H groups in total. The second-order valence-corrected chi connectivity index (χ2v) is 4.54. The summed E-state index contributed by atoms with van der Waals surface area (Å²) in [5.74, 6) is 2.03. The molecule has 0 amide bonds. The van der Waals surface area contributed by atoms with E-state index in [-0.39, 0.29) is 5.56 Å². The van der Waals surface area contributed by atoms with Crippen molar-refractivity contribution in [3.05, 3.63) is 22.9 Å². The Morgan fingerprint density at radius 1 is 1.56 bits per heavy atom. The van der Waals surface area contributed by atoms with Crippen LogP contribution in [-0.2, 0) is 12.8 Å². The summed E-state index contributed by atoms with van der Waals surface area (Å²) in [6, 6.07) is 1.76. The average molecular weight is 244 g/mol. The van der Waals surface area contributed by atoms with E-state index in [0.29, 0.717) is 12.4 Å². The summed E-state index contributed by atoms with van der Waals surface area (Å²) in [6.07, 6.45) is 9.33. The van der Waals surface area contributed by atoms with Crippen molar-refractivity contribution in [2.45, 2.75) is 25.7 Å². The lowest BCUT2D eigenvalue weighted by Crippen LogP contribution is -2.23. The molecule has 0 bridgehead atoms. The van der Waals surface area contributed by atoms with Crippen LogP contribution in [-0.4, -0.2) is 29.7 Å². The zero-order valence-corrected chi connectivity index (χ0v) is 10.4. The van der Waals surface area contributed by atoms with Gasteiger partial charge in [0, 0.05) is 12.7 Å². The molecule has 1 aromatic heterocycles. The number of hydrogen-bond donors (Lipinski definition) is 1. The topological polar surface area (TPSA) is 53.4 Å². The van der Waals surface area contributed by atoms with Crippen LogP contribution in [0.25, 0.3) is 0 Å². The van der Waals surface area contributed by atoms with Crippen LogP contribution in [0.3, 0.4) is 0 Å². The van der Waals surface area contributed by atoms with Crippen LogP contribution < -0.4 is 4.90 Å². The summed E-state index contributed by atoms with van der Waals surface area (Å²) in [5.41, 5.74) is 2.33. The Labute approximate surface area is 107 Å². The van der Waals surface area contributed by atoms with E-state index in [1.165, 1.54) is 0 Å². The molecular weight excluding hydrogens is 228 g/mol. The number of terminal acetylenes is 1. The highest BCUT2D eigenvalue weighted by molar-refractivity contribution is 5.93. The standard InChI is InChI=1S/C14H16N2O2/c1-3-8-16(2)13-11(14(17)18)9-10-6-4-5-7-12(10)15-13/h1,9H,4-8H2,2H3,(H,17,18). The van der Waals surface area contributed by atoms with Crippen molar-refractivity contribution in [2.75, 3.05) is 18.5 Å². The van der Waals surface area contributed by atoms with Gasteiger partial charge in [0.1, 0.15) is 11.4 Å². The van der Waals surface area contributed by atoms with Gasteiger partial charge in [0.05, 0.1) is 6.54 Å². The molecule has 0 spiro atoms. The lowest BCUT2D eigenvalue weighted by Gasteiger charge is -2.22. The van der Waals surface area contributed by atoms with Crippen LogP contribution in [0.5, 0.6) is 0 Å². The third kappa shape index (κ3) is 2.30. The summed E-state index contributed by atoms with van der Waals surface area (Å²) in [7, 11) is 1.77. The minimum absolute atomic E-state index is 0.244. The molecule has 0 fully saturated rings. The molecule has 0 unspecified atom stereocenters. The lowest BCUT2D eigenvalue weighted by molar-refractivity contribution is 0.0697. The molecule has 0 aliphatic heterocycles. The van der Waals surface area contributed by atoms with Crippen molar-refractivity contribution in [2.24, 2.45) is 0 Å². The minimum atomic E-state index is -0.949. The molecule has 0 saturated heterocycles. The van der Waals surface area contributed by atoms with Crippen molar-refractivity contribution in [1.29, 1.82) is 0 Å². The zero-order chi connectivity index (χ0) is 13.1. The fourth-order valence-corrected chi connectivity index (χ4v) is 2.28. The van der Waals surface area contributed by atoms with E-state index in [2.05, 4.69) is 10.9 Å². The van der Waals surface area contributed by atoms with Gasteiger partial charge in [0.25, 0.3) is 0 Å². The monoisotopic (exact) mass is 244 g/mol. The Hall–Kier alpha value is -2.02. The molecule has 94 valence electrons. The Balaban J connectivity index is 2.49. The summed E-state index contributed by atoms with van der Waals surface area (Å²) in [5, 5.41) is 9.27. The average Bonchev–Trinajstić information content (AvgIpc) is 2.37. The Kier molecular flexibility index (Phi) is 3.52. The number of rotatable bonds is 3. The summed E-state index contributed by atoms with van der Waals surface area (Å²) >= 11 is 0. The van der Waals surface area contributed by atoms with Crippen LogP contribution in [0.2, 0.25) is 0 Å². The van der Waals surface area contributed by atoms with Gasteiger partial charge in [-0.15, -0.1) is 6.42 Å². The number of pyridine rings is 1. The molecule has 1 aromatic rings. The molecule has 2 rings (SSSR count). The van der Waals surface area contributed by atoms with Crippen LogP contribution in [0, 0.1) is 12.3 Å². The minimum Gasteiger partial charge on any atom is -0.478 e. The molecule has 1 heterocycles. The number of aromatic carboxylic acids is 1. The third-order valence-electron chi connectivity index (χ3n) is 3.20. The van der Waals surface area contributed by atoms with Gasteiger partial charge >= 0.3 is 5.97 Å². The summed E-state index contributed by atoms with van der Waals surface area (Å²) in [4.78, 5) is 17.5. The molecule has 4 nitrogen and oxygen atoms in total. The van der Waals surface area contributed by atoms with Crippen molar-refractivity contribution in [3.63, 3.8) is 0 Å². The second-order valence-electron chi connectivity index (χ2n) is 4.54. The molecule has 0 aromatic carbocycles. The summed E-state index contributed by atoms with van der Waals surface area (Å²) < 4.78 is 0. The molecule has 1 aliphatic carbocycles. The highest BCUT2D eigenvalue weighted by atomic mass is 16.4. The number of carboxylic acids is 1. The Bertz CT molecular complexity index is 517. The number of hydrogen-bond acceptors (Lipinski definition) is 3. The first kappa shape index (κ1) is 12.4. The molecule has 1 aliphatic rings. The highest BCUT2D eigenvalue weighted by Crippen LogP contribution is 2.26. The number of carboxylic acid groups (broad SMARTS) is 1. The molecule has 0 radical (unpaired) electrons. The maximum absolute atomic E-state index is 11.3. The van der Waals surface area contributed by atoms with Gasteiger partial charge < -0.3 is 10.0 Å². The van der Waals surface area contributed by atoms with Gasteiger partial charge in [-0.1, -0.05) is 5.92 Å². The quantitative estimate of drug-likeness (QED) is 0.823. The fourth-order valence-electron chi connectivity index (χ4n) is 2.28. The SMILES string of the molecule is C#CCN(C)c1nc2c(cc1C(=O)O)CCCC2. The van der Waals surface area contributed by atoms with Crippen LogP contribution in [0.15, 0.2) is 6.07 Å². The molecular formula is C14H16N2O2. The molecule has 0 atom stereocenters. The Morgan fingerprint density at radius 3 is 2.94 bits per heavy atom. The smallest absolute Gasteiger partial charge is 0.339 e. The van der Waals surface area contributed by atoms with Crippen molar-refractivity contribution >= 4 is 11.8 Å². The first-order valence-corrected chi connectivity index (χ1v) is 6.04. The van der Waals surface area contributed by atoms with E-state index < -0.39 is 5.97 Å². The third-order valence-corrected chi connectivity index (χ3v) is 3.20. The van der Waals surface area contributed by atoms with Gasteiger partial charge in [-0.2, -0.15) is 0 Å². The predicted molar refractivity (Wildman–Crippen MR) is 69.9 cm³/mol. The maximum atomic E-state index is 11.3. The van der Waals surface area contributed by atoms with Gasteiger partial charge in [-0.05, 0) is 37.3 Å². The van der Waals surface area contributed by atoms with Crippen molar-refractivity contribution in [3.8, 4) is 12.3 Å². The van der Waals surface area contributed by atoms with E-state index >= 15 is 0 Å². The van der Waals surface area contributed by atoms with Gasteiger partial charge in [-0.25, -0.2) is 9.78 Å². The van der Waals surface area contributed by atoms with E-state index in [0.717, 1.165) is 36.9 Å². The predicted octanol–water partition coefficient (Wildman–Crippen LogP) is 1.73.